The molecule has 0 saturated carbocycles. The first-order valence-electron chi connectivity index (χ1n) is 9.30. The number of hydrogen-bond donors (Lipinski definition) is 2. The minimum atomic E-state index is -0.204. The molecule has 3 N–H and O–H groups in total. The number of benzene rings is 1. The summed E-state index contributed by atoms with van der Waals surface area (Å²) in [6.45, 7) is 4.01. The van der Waals surface area contributed by atoms with Gasteiger partial charge < -0.3 is 24.8 Å². The van der Waals surface area contributed by atoms with Crippen molar-refractivity contribution in [2.24, 2.45) is 0 Å². The molecule has 0 bridgehead atoms. The Morgan fingerprint density at radius 1 is 1.45 bits per heavy atom. The summed E-state index contributed by atoms with van der Waals surface area (Å²) in [5.41, 5.74) is 7.76. The molecule has 1 aliphatic rings. The molecule has 152 valence electrons. The molecule has 0 unspecified atom stereocenters. The number of nitrogen functional groups attached to an aromatic ring is 1. The summed E-state index contributed by atoms with van der Waals surface area (Å²) in [6, 6.07) is 6.78. The number of hydrogen-bond acceptors (Lipinski definition) is 8. The van der Waals surface area contributed by atoms with E-state index >= 15 is 0 Å². The second kappa shape index (κ2) is 9.37. The van der Waals surface area contributed by atoms with Crippen LogP contribution < -0.4 is 15.4 Å². The molecule has 1 aromatic carbocycles. The number of nitrogens with zero attached hydrogens (tertiary/aromatic N) is 3. The van der Waals surface area contributed by atoms with E-state index in [9.17, 15) is 0 Å². The van der Waals surface area contributed by atoms with Crippen LogP contribution in [0.1, 0.15) is 18.2 Å². The van der Waals surface area contributed by atoms with E-state index in [1.807, 2.05) is 11.8 Å². The van der Waals surface area contributed by atoms with E-state index in [-0.39, 0.29) is 17.9 Å². The maximum absolute atomic E-state index is 8.64. The van der Waals surface area contributed by atoms with Crippen LogP contribution in [0.2, 0.25) is 0 Å². The van der Waals surface area contributed by atoms with Gasteiger partial charge in [0.2, 0.25) is 0 Å². The van der Waals surface area contributed by atoms with Gasteiger partial charge in [0, 0.05) is 31.0 Å². The number of methoxy groups -OCH3 is 1. The maximum atomic E-state index is 8.64. The van der Waals surface area contributed by atoms with Gasteiger partial charge in [-0.15, -0.1) is 6.42 Å². The maximum Gasteiger partial charge on any atom is 0.133 e. The predicted molar refractivity (Wildman–Crippen MR) is 112 cm³/mol. The van der Waals surface area contributed by atoms with E-state index in [2.05, 4.69) is 15.9 Å². The lowest BCUT2D eigenvalue weighted by Crippen LogP contribution is -2.45. The van der Waals surface area contributed by atoms with Crippen molar-refractivity contribution in [1.29, 1.82) is 5.41 Å². The Balaban J connectivity index is 1.86. The predicted octanol–water partition coefficient (Wildman–Crippen LogP) is 1.73. The summed E-state index contributed by atoms with van der Waals surface area (Å²) < 4.78 is 16.4. The first-order valence-corrected chi connectivity index (χ1v) is 9.30. The Hall–Kier alpha value is -3.15. The zero-order chi connectivity index (χ0) is 20.8. The summed E-state index contributed by atoms with van der Waals surface area (Å²) in [5, 5.41) is 8.64. The molecule has 8 nitrogen and oxygen atoms in total. The smallest absolute Gasteiger partial charge is 0.133 e. The van der Waals surface area contributed by atoms with E-state index < -0.39 is 0 Å². The Morgan fingerprint density at radius 2 is 2.28 bits per heavy atom. The third kappa shape index (κ3) is 4.83. The average Bonchev–Trinajstić information content (AvgIpc) is 2.75. The van der Waals surface area contributed by atoms with Crippen LogP contribution >= 0.6 is 0 Å². The number of terminal acetylenes is 1. The summed E-state index contributed by atoms with van der Waals surface area (Å²) in [4.78, 5) is 10.6. The van der Waals surface area contributed by atoms with E-state index in [0.29, 0.717) is 54.9 Å². The van der Waals surface area contributed by atoms with Gasteiger partial charge in [-0.1, -0.05) is 5.92 Å². The van der Waals surface area contributed by atoms with Gasteiger partial charge >= 0.3 is 0 Å². The van der Waals surface area contributed by atoms with Crippen molar-refractivity contribution in [3.8, 4) is 18.1 Å². The van der Waals surface area contributed by atoms with Gasteiger partial charge in [-0.3, -0.25) is 5.41 Å². The molecule has 3 rings (SSSR count). The number of aromatic nitrogens is 2. The fourth-order valence-electron chi connectivity index (χ4n) is 3.12. The lowest BCUT2D eigenvalue weighted by Gasteiger charge is -2.33. The van der Waals surface area contributed by atoms with Crippen LogP contribution in [-0.4, -0.2) is 61.3 Å². The molecule has 1 aliphatic heterocycles. The molecule has 2 heterocycles. The SMILES string of the molecule is C#C[C@H]1COCCN1c1cc(C(=N)c2cc(O[C@@H](C)COC)ccc2N)ncn1. The van der Waals surface area contributed by atoms with E-state index in [1.54, 1.807) is 31.4 Å². The third-order valence-electron chi connectivity index (χ3n) is 4.56. The third-order valence-corrected chi connectivity index (χ3v) is 4.56. The molecule has 0 spiro atoms. The van der Waals surface area contributed by atoms with Crippen molar-refractivity contribution >= 4 is 17.2 Å². The van der Waals surface area contributed by atoms with Crippen molar-refractivity contribution in [3.63, 3.8) is 0 Å². The highest BCUT2D eigenvalue weighted by molar-refractivity contribution is 6.13. The summed E-state index contributed by atoms with van der Waals surface area (Å²) in [7, 11) is 1.62. The van der Waals surface area contributed by atoms with E-state index in [0.717, 1.165) is 0 Å². The van der Waals surface area contributed by atoms with Crippen LogP contribution in [0.3, 0.4) is 0 Å². The van der Waals surface area contributed by atoms with Gasteiger partial charge in [0.1, 0.15) is 30.0 Å². The molecule has 0 amide bonds. The van der Waals surface area contributed by atoms with Crippen molar-refractivity contribution in [3.05, 3.63) is 41.9 Å². The Morgan fingerprint density at radius 3 is 3.03 bits per heavy atom. The molecular formula is C21H25N5O3. The van der Waals surface area contributed by atoms with Crippen LogP contribution in [0.15, 0.2) is 30.6 Å². The highest BCUT2D eigenvalue weighted by Crippen LogP contribution is 2.24. The molecule has 29 heavy (non-hydrogen) atoms. The lowest BCUT2D eigenvalue weighted by molar-refractivity contribution is 0.0921. The molecule has 1 aromatic heterocycles. The van der Waals surface area contributed by atoms with Gasteiger partial charge in [-0.2, -0.15) is 0 Å². The van der Waals surface area contributed by atoms with Crippen LogP contribution in [-0.2, 0) is 9.47 Å². The largest absolute Gasteiger partial charge is 0.488 e. The van der Waals surface area contributed by atoms with Crippen LogP contribution in [0.25, 0.3) is 0 Å². The minimum absolute atomic E-state index is 0.127. The van der Waals surface area contributed by atoms with E-state index in [1.165, 1.54) is 6.33 Å². The number of rotatable bonds is 7. The van der Waals surface area contributed by atoms with Gasteiger partial charge in [-0.25, -0.2) is 9.97 Å². The fourth-order valence-corrected chi connectivity index (χ4v) is 3.12. The quantitative estimate of drug-likeness (QED) is 0.418. The minimum Gasteiger partial charge on any atom is -0.488 e. The van der Waals surface area contributed by atoms with Crippen molar-refractivity contribution in [2.75, 3.05) is 44.1 Å². The molecule has 8 heteroatoms. The summed E-state index contributed by atoms with van der Waals surface area (Å²) >= 11 is 0. The fraction of sp³-hybridized carbons (Fsp3) is 0.381. The molecule has 0 radical (unpaired) electrons. The second-order valence-electron chi connectivity index (χ2n) is 6.72. The number of ether oxygens (including phenoxy) is 3. The van der Waals surface area contributed by atoms with Gasteiger partial charge in [-0.05, 0) is 25.1 Å². The topological polar surface area (TPSA) is 107 Å². The van der Waals surface area contributed by atoms with Gasteiger partial charge in [0.05, 0.1) is 31.2 Å². The monoisotopic (exact) mass is 395 g/mol. The van der Waals surface area contributed by atoms with Crippen molar-refractivity contribution < 1.29 is 14.2 Å². The Labute approximate surface area is 170 Å². The molecule has 1 saturated heterocycles. The van der Waals surface area contributed by atoms with E-state index in [4.69, 9.17) is 31.8 Å². The van der Waals surface area contributed by atoms with Gasteiger partial charge in [0.25, 0.3) is 0 Å². The second-order valence-corrected chi connectivity index (χ2v) is 6.72. The normalized spacial score (nSPS) is 17.4. The molecule has 1 fully saturated rings. The Kier molecular flexibility index (Phi) is 6.65. The highest BCUT2D eigenvalue weighted by Gasteiger charge is 2.23. The zero-order valence-corrected chi connectivity index (χ0v) is 16.6. The summed E-state index contributed by atoms with van der Waals surface area (Å²) in [5.74, 6) is 3.99. The first-order chi connectivity index (χ1) is 14.0. The van der Waals surface area contributed by atoms with Gasteiger partial charge in [0.15, 0.2) is 0 Å². The van der Waals surface area contributed by atoms with Crippen molar-refractivity contribution in [1.82, 2.24) is 9.97 Å². The molecule has 2 atom stereocenters. The molecule has 2 aromatic rings. The van der Waals surface area contributed by atoms with Crippen molar-refractivity contribution in [2.45, 2.75) is 19.1 Å². The molecular weight excluding hydrogens is 370 g/mol. The number of nitrogens with two attached hydrogens (primary N) is 1. The first kappa shape index (κ1) is 20.6. The highest BCUT2D eigenvalue weighted by atomic mass is 16.5. The lowest BCUT2D eigenvalue weighted by atomic mass is 10.0. The number of morpholine rings is 1. The van der Waals surface area contributed by atoms with Crippen LogP contribution in [0, 0.1) is 17.8 Å². The zero-order valence-electron chi connectivity index (χ0n) is 16.6. The summed E-state index contributed by atoms with van der Waals surface area (Å²) in [6.07, 6.45) is 6.92. The standard InChI is InChI=1S/C21H25N5O3/c1-4-15-12-28-8-7-26(15)20-10-19(24-13-25-20)21(23)17-9-16(5-6-18(17)22)29-14(2)11-27-3/h1,5-6,9-10,13-15,23H,7-8,11-12,22H2,2-3H3/t14-,15-/m0/s1. The van der Waals surface area contributed by atoms with Crippen LogP contribution in [0.4, 0.5) is 11.5 Å². The number of nitrogens with one attached hydrogen (secondary N) is 1. The number of anilines is 2. The Bertz CT molecular complexity index is 911. The molecule has 0 aliphatic carbocycles. The van der Waals surface area contributed by atoms with Crippen LogP contribution in [0.5, 0.6) is 5.75 Å². The average molecular weight is 395 g/mol.